The van der Waals surface area contributed by atoms with Crippen LogP contribution in [0.25, 0.3) is 11.4 Å². The lowest BCUT2D eigenvalue weighted by molar-refractivity contribution is 0.170. The van der Waals surface area contributed by atoms with Gasteiger partial charge in [0.05, 0.1) is 13.7 Å². The molecule has 1 aromatic heterocycles. The molecule has 150 valence electrons. The maximum absolute atomic E-state index is 5.75. The molecule has 3 heterocycles. The van der Waals surface area contributed by atoms with E-state index in [4.69, 9.17) is 18.7 Å². The van der Waals surface area contributed by atoms with E-state index in [1.165, 1.54) is 5.56 Å². The van der Waals surface area contributed by atoms with E-state index >= 15 is 0 Å². The van der Waals surface area contributed by atoms with E-state index in [2.05, 4.69) is 27.2 Å². The summed E-state index contributed by atoms with van der Waals surface area (Å²) in [6.45, 7) is 2.83. The van der Waals surface area contributed by atoms with Gasteiger partial charge in [0.1, 0.15) is 19.0 Å². The predicted molar refractivity (Wildman–Crippen MR) is 106 cm³/mol. The third-order valence-electron chi connectivity index (χ3n) is 5.47. The molecule has 0 radical (unpaired) electrons. The Bertz CT molecular complexity index is 986. The van der Waals surface area contributed by atoms with Crippen LogP contribution in [0.1, 0.15) is 30.3 Å². The molecular formula is C22H23N3O4. The molecule has 0 N–H and O–H groups in total. The van der Waals surface area contributed by atoms with Gasteiger partial charge in [-0.15, -0.1) is 0 Å². The first-order valence-corrected chi connectivity index (χ1v) is 9.91. The van der Waals surface area contributed by atoms with E-state index in [9.17, 15) is 0 Å². The van der Waals surface area contributed by atoms with Crippen molar-refractivity contribution in [3.63, 3.8) is 0 Å². The number of aromatic nitrogens is 2. The zero-order valence-electron chi connectivity index (χ0n) is 16.3. The minimum absolute atomic E-state index is 0.308. The topological polar surface area (TPSA) is 69.9 Å². The molecule has 0 amide bonds. The second kappa shape index (κ2) is 7.75. The van der Waals surface area contributed by atoms with Gasteiger partial charge in [0, 0.05) is 11.6 Å². The third kappa shape index (κ3) is 3.65. The van der Waals surface area contributed by atoms with Crippen LogP contribution in [0.2, 0.25) is 0 Å². The average Bonchev–Trinajstić information content (AvgIpc) is 3.43. The Morgan fingerprint density at radius 1 is 1.07 bits per heavy atom. The molecule has 5 rings (SSSR count). The highest BCUT2D eigenvalue weighted by Crippen LogP contribution is 2.38. The second-order valence-corrected chi connectivity index (χ2v) is 7.27. The smallest absolute Gasteiger partial charge is 0.241 e. The Hall–Kier alpha value is -3.06. The molecule has 1 fully saturated rings. The minimum Gasteiger partial charge on any atom is -0.497 e. The molecule has 3 aromatic rings. The van der Waals surface area contributed by atoms with Crippen molar-refractivity contribution >= 4 is 0 Å². The number of hydrogen-bond donors (Lipinski definition) is 0. The number of nitrogens with zero attached hydrogens (tertiary/aromatic N) is 3. The molecule has 2 aliphatic rings. The summed E-state index contributed by atoms with van der Waals surface area (Å²) in [5.41, 5.74) is 2.15. The van der Waals surface area contributed by atoms with Crippen LogP contribution in [0.5, 0.6) is 17.2 Å². The first kappa shape index (κ1) is 18.0. The molecule has 1 atom stereocenters. The van der Waals surface area contributed by atoms with Crippen molar-refractivity contribution in [3.05, 3.63) is 53.9 Å². The van der Waals surface area contributed by atoms with Crippen LogP contribution in [0.3, 0.4) is 0 Å². The number of hydrogen-bond acceptors (Lipinski definition) is 7. The monoisotopic (exact) mass is 393 g/mol. The van der Waals surface area contributed by atoms with E-state index in [-0.39, 0.29) is 0 Å². The molecule has 0 bridgehead atoms. The van der Waals surface area contributed by atoms with Crippen LogP contribution in [-0.4, -0.2) is 41.9 Å². The van der Waals surface area contributed by atoms with Crippen LogP contribution in [-0.2, 0) is 6.54 Å². The normalized spacial score (nSPS) is 18.7. The summed E-state index contributed by atoms with van der Waals surface area (Å²) in [7, 11) is 1.65. The maximum atomic E-state index is 5.75. The third-order valence-corrected chi connectivity index (χ3v) is 5.47. The fourth-order valence-electron chi connectivity index (χ4n) is 4.01. The van der Waals surface area contributed by atoms with Crippen molar-refractivity contribution in [2.24, 2.45) is 0 Å². The molecule has 2 aromatic carbocycles. The zero-order chi connectivity index (χ0) is 19.6. The van der Waals surface area contributed by atoms with E-state index in [1.807, 2.05) is 30.3 Å². The van der Waals surface area contributed by atoms with Gasteiger partial charge in [0.15, 0.2) is 11.5 Å². The summed E-state index contributed by atoms with van der Waals surface area (Å²) in [6.07, 6.45) is 2.23. The number of benzene rings is 2. The van der Waals surface area contributed by atoms with Gasteiger partial charge in [0.2, 0.25) is 11.7 Å². The summed E-state index contributed by atoms with van der Waals surface area (Å²) in [4.78, 5) is 6.98. The molecule has 0 aliphatic carbocycles. The van der Waals surface area contributed by atoms with Crippen molar-refractivity contribution in [1.82, 2.24) is 15.0 Å². The van der Waals surface area contributed by atoms with Crippen molar-refractivity contribution in [3.8, 4) is 28.6 Å². The summed E-state index contributed by atoms with van der Waals surface area (Å²) >= 11 is 0. The van der Waals surface area contributed by atoms with Crippen LogP contribution in [0.4, 0.5) is 0 Å². The lowest BCUT2D eigenvalue weighted by Crippen LogP contribution is -2.23. The molecule has 7 heteroatoms. The Morgan fingerprint density at radius 2 is 1.90 bits per heavy atom. The minimum atomic E-state index is 0.308. The van der Waals surface area contributed by atoms with Crippen molar-refractivity contribution in [2.45, 2.75) is 25.4 Å². The molecule has 2 aliphatic heterocycles. The Balaban J connectivity index is 1.31. The SMILES string of the molecule is COc1ccc(-c2noc(CN3CCCC3c3ccc4c(c3)OCCO4)n2)cc1. The second-order valence-electron chi connectivity index (χ2n) is 7.27. The number of rotatable bonds is 5. The summed E-state index contributed by atoms with van der Waals surface area (Å²) in [5, 5.41) is 4.15. The van der Waals surface area contributed by atoms with Gasteiger partial charge in [-0.3, -0.25) is 4.90 Å². The standard InChI is InChI=1S/C22H23N3O4/c1-26-17-7-4-15(5-8-17)22-23-21(29-24-22)14-25-10-2-3-18(25)16-6-9-19-20(13-16)28-12-11-27-19/h4-9,13,18H,2-3,10-12,14H2,1H3. The highest BCUT2D eigenvalue weighted by molar-refractivity contribution is 5.55. The molecule has 29 heavy (non-hydrogen) atoms. The fourth-order valence-corrected chi connectivity index (χ4v) is 4.01. The first-order valence-electron chi connectivity index (χ1n) is 9.91. The van der Waals surface area contributed by atoms with Crippen molar-refractivity contribution < 1.29 is 18.7 Å². The van der Waals surface area contributed by atoms with Gasteiger partial charge in [0.25, 0.3) is 0 Å². The van der Waals surface area contributed by atoms with E-state index in [1.54, 1.807) is 7.11 Å². The molecule has 0 saturated carbocycles. The summed E-state index contributed by atoms with van der Waals surface area (Å²) in [6, 6.07) is 14.2. The van der Waals surface area contributed by atoms with E-state index < -0.39 is 0 Å². The average molecular weight is 393 g/mol. The van der Waals surface area contributed by atoms with Gasteiger partial charge in [-0.25, -0.2) is 0 Å². The Morgan fingerprint density at radius 3 is 2.72 bits per heavy atom. The van der Waals surface area contributed by atoms with Crippen molar-refractivity contribution in [2.75, 3.05) is 26.9 Å². The van der Waals surface area contributed by atoms with Crippen molar-refractivity contribution in [1.29, 1.82) is 0 Å². The summed E-state index contributed by atoms with van der Waals surface area (Å²) in [5.74, 6) is 3.68. The first-order chi connectivity index (χ1) is 14.3. The Kier molecular flexibility index (Phi) is 4.81. The van der Waals surface area contributed by atoms with Crippen LogP contribution < -0.4 is 14.2 Å². The van der Waals surface area contributed by atoms with Gasteiger partial charge < -0.3 is 18.7 Å². The quantitative estimate of drug-likeness (QED) is 0.652. The largest absolute Gasteiger partial charge is 0.497 e. The lowest BCUT2D eigenvalue weighted by atomic mass is 10.0. The molecule has 7 nitrogen and oxygen atoms in total. The number of likely N-dealkylation sites (tertiary alicyclic amines) is 1. The lowest BCUT2D eigenvalue weighted by Gasteiger charge is -2.25. The molecule has 1 unspecified atom stereocenters. The van der Waals surface area contributed by atoms with Crippen LogP contribution >= 0.6 is 0 Å². The van der Waals surface area contributed by atoms with Gasteiger partial charge in [-0.05, 0) is 61.3 Å². The zero-order valence-corrected chi connectivity index (χ0v) is 16.3. The van der Waals surface area contributed by atoms with Crippen LogP contribution in [0.15, 0.2) is 47.0 Å². The van der Waals surface area contributed by atoms with Gasteiger partial charge in [-0.2, -0.15) is 4.98 Å². The Labute approximate surface area is 169 Å². The van der Waals surface area contributed by atoms with E-state index in [0.29, 0.717) is 37.5 Å². The highest BCUT2D eigenvalue weighted by Gasteiger charge is 2.29. The van der Waals surface area contributed by atoms with Gasteiger partial charge in [-0.1, -0.05) is 11.2 Å². The highest BCUT2D eigenvalue weighted by atomic mass is 16.6. The van der Waals surface area contributed by atoms with Crippen LogP contribution in [0, 0.1) is 0 Å². The number of fused-ring (bicyclic) bond motifs is 1. The van der Waals surface area contributed by atoms with Gasteiger partial charge >= 0.3 is 0 Å². The molecule has 1 saturated heterocycles. The number of ether oxygens (including phenoxy) is 3. The summed E-state index contributed by atoms with van der Waals surface area (Å²) < 4.78 is 22.1. The number of methoxy groups -OCH3 is 1. The fraction of sp³-hybridized carbons (Fsp3) is 0.364. The maximum Gasteiger partial charge on any atom is 0.241 e. The molecular weight excluding hydrogens is 370 g/mol. The predicted octanol–water partition coefficient (Wildman–Crippen LogP) is 3.85. The molecule has 0 spiro atoms. The van der Waals surface area contributed by atoms with E-state index in [0.717, 1.165) is 42.2 Å².